The molecule has 0 saturated heterocycles. The molecule has 4 nitrogen and oxygen atoms in total. The van der Waals surface area contributed by atoms with Crippen LogP contribution in [0.2, 0.25) is 0 Å². The minimum absolute atomic E-state index is 0.0247. The summed E-state index contributed by atoms with van der Waals surface area (Å²) < 4.78 is 27.4. The largest absolute Gasteiger partial charge is 0.477 e. The van der Waals surface area contributed by atoms with Gasteiger partial charge in [-0.15, -0.1) is 11.3 Å². The van der Waals surface area contributed by atoms with Crippen LogP contribution in [0.25, 0.3) is 21.8 Å². The van der Waals surface area contributed by atoms with Crippen LogP contribution in [-0.2, 0) is 0 Å². The first-order chi connectivity index (χ1) is 10.1. The van der Waals surface area contributed by atoms with Gasteiger partial charge in [-0.25, -0.2) is 18.6 Å². The molecule has 0 unspecified atom stereocenters. The third kappa shape index (κ3) is 2.43. The van der Waals surface area contributed by atoms with Crippen molar-refractivity contribution in [2.24, 2.45) is 0 Å². The lowest BCUT2D eigenvalue weighted by Gasteiger charge is -1.99. The van der Waals surface area contributed by atoms with Crippen LogP contribution in [0.15, 0.2) is 35.8 Å². The molecule has 0 amide bonds. The Hall–Kier alpha value is -2.54. The summed E-state index contributed by atoms with van der Waals surface area (Å²) in [5.74, 6) is -2.45. The van der Waals surface area contributed by atoms with Gasteiger partial charge in [-0.1, -0.05) is 6.07 Å². The van der Waals surface area contributed by atoms with Gasteiger partial charge < -0.3 is 10.1 Å². The molecule has 0 aliphatic rings. The zero-order valence-corrected chi connectivity index (χ0v) is 11.2. The highest BCUT2D eigenvalue weighted by atomic mass is 32.1. The minimum atomic E-state index is -1.09. The Balaban J connectivity index is 2.02. The summed E-state index contributed by atoms with van der Waals surface area (Å²) in [6.07, 6.45) is 1.49. The smallest absolute Gasteiger partial charge is 0.352 e. The van der Waals surface area contributed by atoms with Crippen molar-refractivity contribution in [3.63, 3.8) is 0 Å². The van der Waals surface area contributed by atoms with Gasteiger partial charge in [0.1, 0.15) is 22.3 Å². The second kappa shape index (κ2) is 5.10. The van der Waals surface area contributed by atoms with Gasteiger partial charge >= 0.3 is 5.97 Å². The van der Waals surface area contributed by atoms with Crippen LogP contribution in [0.4, 0.5) is 8.78 Å². The van der Waals surface area contributed by atoms with E-state index in [9.17, 15) is 13.6 Å². The molecule has 1 aromatic carbocycles. The molecule has 2 aromatic heterocycles. The Labute approximate surface area is 121 Å². The molecule has 106 valence electrons. The van der Waals surface area contributed by atoms with Crippen LogP contribution in [-0.4, -0.2) is 21.0 Å². The Kier molecular flexibility index (Phi) is 3.26. The van der Waals surface area contributed by atoms with Crippen molar-refractivity contribution < 1.29 is 18.7 Å². The molecule has 0 spiro atoms. The normalized spacial score (nSPS) is 10.8. The van der Waals surface area contributed by atoms with Gasteiger partial charge in [0.15, 0.2) is 0 Å². The van der Waals surface area contributed by atoms with Gasteiger partial charge in [-0.2, -0.15) is 0 Å². The highest BCUT2D eigenvalue weighted by Gasteiger charge is 2.16. The summed E-state index contributed by atoms with van der Waals surface area (Å²) in [6.45, 7) is 0. The van der Waals surface area contributed by atoms with Crippen LogP contribution in [0.1, 0.15) is 10.5 Å². The van der Waals surface area contributed by atoms with E-state index in [1.807, 2.05) is 0 Å². The Bertz CT molecular complexity index is 806. The molecular formula is C14H8F2N2O2S. The number of hydrogen-bond donors (Lipinski definition) is 2. The summed E-state index contributed by atoms with van der Waals surface area (Å²) in [6, 6.07) is 5.03. The lowest BCUT2D eigenvalue weighted by Crippen LogP contribution is -1.94. The molecule has 2 N–H and O–H groups in total. The van der Waals surface area contributed by atoms with Gasteiger partial charge in [0.2, 0.25) is 0 Å². The maximum absolute atomic E-state index is 13.7. The van der Waals surface area contributed by atoms with Crippen molar-refractivity contribution >= 4 is 17.3 Å². The molecule has 0 fully saturated rings. The average molecular weight is 306 g/mol. The SMILES string of the molecule is O=C(O)c1cc(-c2csc(-c3c(F)cccc3F)n2)c[nH]1. The highest BCUT2D eigenvalue weighted by molar-refractivity contribution is 7.13. The number of aromatic carboxylic acids is 1. The standard InChI is InChI=1S/C14H8F2N2O2S/c15-8-2-1-3-9(16)12(8)13-18-11(6-21-13)7-4-10(14(19)20)17-5-7/h1-6,17H,(H,19,20). The zero-order chi connectivity index (χ0) is 15.0. The Morgan fingerprint density at radius 2 is 2.00 bits per heavy atom. The average Bonchev–Trinajstić information content (AvgIpc) is 3.07. The molecule has 21 heavy (non-hydrogen) atoms. The van der Waals surface area contributed by atoms with Crippen molar-refractivity contribution in [3.05, 3.63) is 53.2 Å². The molecule has 0 bridgehead atoms. The second-order valence-electron chi connectivity index (χ2n) is 4.24. The van der Waals surface area contributed by atoms with Gasteiger partial charge in [0, 0.05) is 17.1 Å². The fourth-order valence-corrected chi connectivity index (χ4v) is 2.76. The maximum Gasteiger partial charge on any atom is 0.352 e. The van der Waals surface area contributed by atoms with Crippen LogP contribution in [0, 0.1) is 11.6 Å². The Morgan fingerprint density at radius 3 is 2.62 bits per heavy atom. The quantitative estimate of drug-likeness (QED) is 0.774. The molecule has 0 radical (unpaired) electrons. The highest BCUT2D eigenvalue weighted by Crippen LogP contribution is 2.32. The molecule has 0 aliphatic carbocycles. The number of carbonyl (C=O) groups is 1. The first kappa shape index (κ1) is 13.4. The van der Waals surface area contributed by atoms with E-state index in [4.69, 9.17) is 5.11 Å². The second-order valence-corrected chi connectivity index (χ2v) is 5.10. The number of rotatable bonds is 3. The minimum Gasteiger partial charge on any atom is -0.477 e. The molecule has 0 saturated carbocycles. The predicted octanol–water partition coefficient (Wildman–Crippen LogP) is 3.78. The number of aromatic amines is 1. The van der Waals surface area contributed by atoms with Crippen molar-refractivity contribution in [2.45, 2.75) is 0 Å². The lowest BCUT2D eigenvalue weighted by molar-refractivity contribution is 0.0691. The molecule has 0 aliphatic heterocycles. The number of aromatic nitrogens is 2. The van der Waals surface area contributed by atoms with Crippen LogP contribution in [0.3, 0.4) is 0 Å². The number of benzene rings is 1. The lowest BCUT2D eigenvalue weighted by atomic mass is 10.2. The molecule has 3 rings (SSSR count). The summed E-state index contributed by atoms with van der Waals surface area (Å²) in [5, 5.41) is 10.7. The molecule has 0 atom stereocenters. The van der Waals surface area contributed by atoms with Crippen molar-refractivity contribution in [1.29, 1.82) is 0 Å². The number of H-pyrrole nitrogens is 1. The molecular weight excluding hydrogens is 298 g/mol. The van der Waals surface area contributed by atoms with E-state index in [2.05, 4.69) is 9.97 Å². The number of nitrogens with one attached hydrogen (secondary N) is 1. The first-order valence-corrected chi connectivity index (χ1v) is 6.76. The number of halogens is 2. The number of hydrogen-bond acceptors (Lipinski definition) is 3. The van der Waals surface area contributed by atoms with Crippen molar-refractivity contribution in [2.75, 3.05) is 0 Å². The zero-order valence-electron chi connectivity index (χ0n) is 10.4. The number of carboxylic acids is 1. The van der Waals surface area contributed by atoms with E-state index >= 15 is 0 Å². The van der Waals surface area contributed by atoms with E-state index < -0.39 is 17.6 Å². The summed E-state index contributed by atoms with van der Waals surface area (Å²) in [4.78, 5) is 17.6. The molecule has 7 heteroatoms. The third-order valence-electron chi connectivity index (χ3n) is 2.89. The van der Waals surface area contributed by atoms with Crippen molar-refractivity contribution in [3.8, 4) is 21.8 Å². The third-order valence-corrected chi connectivity index (χ3v) is 3.75. The fourth-order valence-electron chi connectivity index (χ4n) is 1.89. The summed E-state index contributed by atoms with van der Waals surface area (Å²) in [7, 11) is 0. The monoisotopic (exact) mass is 306 g/mol. The van der Waals surface area contributed by atoms with E-state index in [0.717, 1.165) is 23.5 Å². The van der Waals surface area contributed by atoms with Gasteiger partial charge in [0.05, 0.1) is 11.3 Å². The number of thiazole rings is 1. The first-order valence-electron chi connectivity index (χ1n) is 5.88. The van der Waals surface area contributed by atoms with Crippen LogP contribution in [0.5, 0.6) is 0 Å². The molecule has 2 heterocycles. The summed E-state index contributed by atoms with van der Waals surface area (Å²) in [5.41, 5.74) is 0.854. The van der Waals surface area contributed by atoms with Crippen LogP contribution >= 0.6 is 11.3 Å². The number of nitrogens with zero attached hydrogens (tertiary/aromatic N) is 1. The predicted molar refractivity (Wildman–Crippen MR) is 74.2 cm³/mol. The van der Waals surface area contributed by atoms with Gasteiger partial charge in [-0.3, -0.25) is 0 Å². The van der Waals surface area contributed by atoms with Gasteiger partial charge in [-0.05, 0) is 18.2 Å². The van der Waals surface area contributed by atoms with Crippen LogP contribution < -0.4 is 0 Å². The van der Waals surface area contributed by atoms with E-state index in [0.29, 0.717) is 11.3 Å². The van der Waals surface area contributed by atoms with E-state index in [-0.39, 0.29) is 16.3 Å². The topological polar surface area (TPSA) is 66.0 Å². The van der Waals surface area contributed by atoms with E-state index in [1.54, 1.807) is 5.38 Å². The maximum atomic E-state index is 13.7. The van der Waals surface area contributed by atoms with Crippen molar-refractivity contribution in [1.82, 2.24) is 9.97 Å². The summed E-state index contributed by atoms with van der Waals surface area (Å²) >= 11 is 1.09. The van der Waals surface area contributed by atoms with Gasteiger partial charge in [0.25, 0.3) is 0 Å². The molecule has 3 aromatic rings. The number of carboxylic acid groups (broad SMARTS) is 1. The Morgan fingerprint density at radius 1 is 1.29 bits per heavy atom. The fraction of sp³-hybridized carbons (Fsp3) is 0. The van der Waals surface area contributed by atoms with E-state index in [1.165, 1.54) is 18.3 Å².